The first-order valence-corrected chi connectivity index (χ1v) is 10.2. The SMILES string of the molecule is O=C1CCCCCCCCCC/C=C/CCCCCCCC1O. The molecule has 1 aliphatic carbocycles. The molecule has 0 radical (unpaired) electrons. The molecule has 0 aromatic rings. The van der Waals surface area contributed by atoms with Crippen LogP contribution in [0.25, 0.3) is 0 Å². The molecule has 0 bridgehead atoms. The van der Waals surface area contributed by atoms with Crippen molar-refractivity contribution < 1.29 is 9.90 Å². The molecule has 0 aliphatic heterocycles. The van der Waals surface area contributed by atoms with Crippen molar-refractivity contribution in [3.63, 3.8) is 0 Å². The summed E-state index contributed by atoms with van der Waals surface area (Å²) in [4.78, 5) is 11.9. The topological polar surface area (TPSA) is 37.3 Å². The Labute approximate surface area is 143 Å². The number of rotatable bonds is 0. The van der Waals surface area contributed by atoms with Crippen LogP contribution in [0.2, 0.25) is 0 Å². The molecule has 1 rings (SSSR count). The zero-order chi connectivity index (χ0) is 16.6. The first-order valence-electron chi connectivity index (χ1n) is 10.2. The number of Topliss-reactive ketones (excluding diaryl/α,β-unsaturated/α-hetero) is 1. The molecule has 0 heterocycles. The fraction of sp³-hybridized carbons (Fsp3) is 0.857. The van der Waals surface area contributed by atoms with Gasteiger partial charge in [-0.05, 0) is 38.5 Å². The molecule has 0 aromatic carbocycles. The number of aliphatic hydroxyl groups excluding tert-OH is 1. The second-order valence-electron chi connectivity index (χ2n) is 7.17. The lowest BCUT2D eigenvalue weighted by Gasteiger charge is -2.09. The monoisotopic (exact) mass is 322 g/mol. The molecule has 1 N–H and O–H groups in total. The first-order chi connectivity index (χ1) is 11.3. The average Bonchev–Trinajstić information content (AvgIpc) is 2.55. The molecule has 134 valence electrons. The maximum absolute atomic E-state index is 11.9. The van der Waals surface area contributed by atoms with Crippen LogP contribution >= 0.6 is 0 Å². The van der Waals surface area contributed by atoms with Gasteiger partial charge in [-0.2, -0.15) is 0 Å². The summed E-state index contributed by atoms with van der Waals surface area (Å²) in [6, 6.07) is 0. The van der Waals surface area contributed by atoms with Crippen LogP contribution in [0.1, 0.15) is 109 Å². The molecule has 1 aliphatic rings. The van der Waals surface area contributed by atoms with Crippen LogP contribution in [0.15, 0.2) is 12.2 Å². The molecule has 0 saturated heterocycles. The van der Waals surface area contributed by atoms with Crippen LogP contribution in [-0.4, -0.2) is 17.0 Å². The molecule has 1 unspecified atom stereocenters. The van der Waals surface area contributed by atoms with Crippen molar-refractivity contribution in [2.45, 2.75) is 115 Å². The number of hydrogen-bond donors (Lipinski definition) is 1. The van der Waals surface area contributed by atoms with E-state index in [2.05, 4.69) is 12.2 Å². The Morgan fingerprint density at radius 3 is 1.65 bits per heavy atom. The lowest BCUT2D eigenvalue weighted by Crippen LogP contribution is -2.19. The number of ketones is 1. The number of carbonyl (C=O) groups excluding carboxylic acids is 1. The minimum absolute atomic E-state index is 0.0704. The Balaban J connectivity index is 2.22. The Hall–Kier alpha value is -0.630. The highest BCUT2D eigenvalue weighted by molar-refractivity contribution is 5.82. The van der Waals surface area contributed by atoms with Crippen LogP contribution in [0, 0.1) is 0 Å². The summed E-state index contributed by atoms with van der Waals surface area (Å²) in [5.74, 6) is 0.0704. The van der Waals surface area contributed by atoms with Crippen molar-refractivity contribution in [3.05, 3.63) is 12.2 Å². The molecular weight excluding hydrogens is 284 g/mol. The molecule has 23 heavy (non-hydrogen) atoms. The van der Waals surface area contributed by atoms with Gasteiger partial charge in [0.25, 0.3) is 0 Å². The van der Waals surface area contributed by atoms with E-state index in [0.717, 1.165) is 25.7 Å². The minimum Gasteiger partial charge on any atom is -0.385 e. The largest absolute Gasteiger partial charge is 0.385 e. The third-order valence-electron chi connectivity index (χ3n) is 4.93. The van der Waals surface area contributed by atoms with E-state index in [1.807, 2.05) is 0 Å². The number of hydrogen-bond acceptors (Lipinski definition) is 2. The zero-order valence-electron chi connectivity index (χ0n) is 15.1. The predicted octanol–water partition coefficient (Wildman–Crippen LogP) is 6.12. The minimum atomic E-state index is -0.702. The zero-order valence-corrected chi connectivity index (χ0v) is 15.1. The maximum atomic E-state index is 11.9. The lowest BCUT2D eigenvalue weighted by atomic mass is 10.0. The van der Waals surface area contributed by atoms with E-state index in [1.165, 1.54) is 70.6 Å². The number of carbonyl (C=O) groups is 1. The molecule has 1 atom stereocenters. The highest BCUT2D eigenvalue weighted by Crippen LogP contribution is 2.14. The number of aliphatic hydroxyl groups is 1. The Morgan fingerprint density at radius 2 is 1.09 bits per heavy atom. The van der Waals surface area contributed by atoms with Gasteiger partial charge in [0.05, 0.1) is 0 Å². The van der Waals surface area contributed by atoms with Gasteiger partial charge < -0.3 is 5.11 Å². The van der Waals surface area contributed by atoms with Crippen molar-refractivity contribution in [2.24, 2.45) is 0 Å². The van der Waals surface area contributed by atoms with Gasteiger partial charge in [0, 0.05) is 6.42 Å². The van der Waals surface area contributed by atoms with Gasteiger partial charge in [-0.3, -0.25) is 4.79 Å². The van der Waals surface area contributed by atoms with E-state index < -0.39 is 6.10 Å². The molecule has 2 nitrogen and oxygen atoms in total. The van der Waals surface area contributed by atoms with Crippen molar-refractivity contribution in [1.82, 2.24) is 0 Å². The second-order valence-corrected chi connectivity index (χ2v) is 7.17. The molecule has 0 amide bonds. The van der Waals surface area contributed by atoms with E-state index >= 15 is 0 Å². The molecular formula is C21H38O2. The van der Waals surface area contributed by atoms with E-state index in [1.54, 1.807) is 0 Å². The molecule has 2 heteroatoms. The fourth-order valence-electron chi connectivity index (χ4n) is 3.32. The highest BCUT2D eigenvalue weighted by Gasteiger charge is 2.13. The Kier molecular flexibility index (Phi) is 13.3. The molecule has 0 aromatic heterocycles. The Bertz CT molecular complexity index is 309. The lowest BCUT2D eigenvalue weighted by molar-refractivity contribution is -0.127. The van der Waals surface area contributed by atoms with Crippen LogP contribution in [-0.2, 0) is 4.79 Å². The second kappa shape index (κ2) is 14.9. The van der Waals surface area contributed by atoms with Gasteiger partial charge in [0.1, 0.15) is 6.10 Å². The molecule has 0 spiro atoms. The van der Waals surface area contributed by atoms with Gasteiger partial charge in [0.15, 0.2) is 5.78 Å². The van der Waals surface area contributed by atoms with Crippen molar-refractivity contribution in [1.29, 1.82) is 0 Å². The quantitative estimate of drug-likeness (QED) is 0.546. The van der Waals surface area contributed by atoms with E-state index in [9.17, 15) is 9.90 Å². The highest BCUT2D eigenvalue weighted by atomic mass is 16.3. The summed E-state index contributed by atoms with van der Waals surface area (Å²) in [6.45, 7) is 0. The van der Waals surface area contributed by atoms with Gasteiger partial charge in [-0.15, -0.1) is 0 Å². The standard InChI is InChI=1S/C21H38O2/c22-20-18-16-14-12-10-8-6-4-2-1-3-5-7-9-11-13-15-17-19-21(20)23/h2,4,20,22H,1,3,5-19H2/b4-2+. The van der Waals surface area contributed by atoms with E-state index in [0.29, 0.717) is 12.8 Å². The van der Waals surface area contributed by atoms with Gasteiger partial charge in [0.2, 0.25) is 0 Å². The predicted molar refractivity (Wildman–Crippen MR) is 98.6 cm³/mol. The Morgan fingerprint density at radius 1 is 0.652 bits per heavy atom. The van der Waals surface area contributed by atoms with Gasteiger partial charge >= 0.3 is 0 Å². The van der Waals surface area contributed by atoms with Crippen LogP contribution in [0.4, 0.5) is 0 Å². The van der Waals surface area contributed by atoms with Crippen molar-refractivity contribution in [3.8, 4) is 0 Å². The molecule has 0 saturated carbocycles. The van der Waals surface area contributed by atoms with Crippen LogP contribution in [0.3, 0.4) is 0 Å². The smallest absolute Gasteiger partial charge is 0.161 e. The summed E-state index contributed by atoms with van der Waals surface area (Å²) in [7, 11) is 0. The third-order valence-corrected chi connectivity index (χ3v) is 4.93. The summed E-state index contributed by atoms with van der Waals surface area (Å²) in [5.41, 5.74) is 0. The summed E-state index contributed by atoms with van der Waals surface area (Å²) < 4.78 is 0. The fourth-order valence-corrected chi connectivity index (χ4v) is 3.32. The van der Waals surface area contributed by atoms with Crippen LogP contribution < -0.4 is 0 Å². The normalized spacial score (nSPS) is 27.0. The van der Waals surface area contributed by atoms with Gasteiger partial charge in [-0.25, -0.2) is 0 Å². The summed E-state index contributed by atoms with van der Waals surface area (Å²) in [6.07, 6.45) is 23.6. The van der Waals surface area contributed by atoms with Crippen LogP contribution in [0.5, 0.6) is 0 Å². The average molecular weight is 323 g/mol. The summed E-state index contributed by atoms with van der Waals surface area (Å²) >= 11 is 0. The number of allylic oxidation sites excluding steroid dienone is 2. The molecule has 0 fully saturated rings. The van der Waals surface area contributed by atoms with Gasteiger partial charge in [-0.1, -0.05) is 76.4 Å². The van der Waals surface area contributed by atoms with Crippen molar-refractivity contribution in [2.75, 3.05) is 0 Å². The third kappa shape index (κ3) is 12.5. The van der Waals surface area contributed by atoms with Crippen molar-refractivity contribution >= 4 is 5.78 Å². The first kappa shape index (κ1) is 20.4. The summed E-state index contributed by atoms with van der Waals surface area (Å²) in [5, 5.41) is 9.91. The van der Waals surface area contributed by atoms with E-state index in [4.69, 9.17) is 0 Å². The maximum Gasteiger partial charge on any atom is 0.161 e. The van der Waals surface area contributed by atoms with E-state index in [-0.39, 0.29) is 5.78 Å².